The fraction of sp³-hybridized carbons (Fsp3) is 0.562. The van der Waals surface area contributed by atoms with Crippen LogP contribution in [0.3, 0.4) is 0 Å². The molecule has 1 aromatic carbocycles. The molecule has 0 saturated heterocycles. The lowest BCUT2D eigenvalue weighted by atomic mass is 9.95. The van der Waals surface area contributed by atoms with Crippen LogP contribution in [0.4, 0.5) is 0 Å². The summed E-state index contributed by atoms with van der Waals surface area (Å²) in [6, 6.07) is 8.65. The van der Waals surface area contributed by atoms with Gasteiger partial charge < -0.3 is 5.32 Å². The fourth-order valence-electron chi connectivity index (χ4n) is 3.41. The summed E-state index contributed by atoms with van der Waals surface area (Å²) >= 11 is 0. The molecule has 1 aliphatic rings. The fourth-order valence-corrected chi connectivity index (χ4v) is 3.41. The van der Waals surface area contributed by atoms with Crippen molar-refractivity contribution in [1.29, 1.82) is 0 Å². The van der Waals surface area contributed by atoms with Crippen molar-refractivity contribution in [1.82, 2.24) is 25.5 Å². The molecule has 1 N–H and O–H groups in total. The van der Waals surface area contributed by atoms with Gasteiger partial charge in [0.25, 0.3) is 0 Å². The zero-order valence-corrected chi connectivity index (χ0v) is 13.0. The Kier molecular flexibility index (Phi) is 3.76. The molecule has 0 aliphatic heterocycles. The minimum Gasteiger partial charge on any atom is -0.302 e. The lowest BCUT2D eigenvalue weighted by molar-refractivity contribution is 0.289. The van der Waals surface area contributed by atoms with Crippen LogP contribution in [0.2, 0.25) is 0 Å². The maximum Gasteiger partial charge on any atom is 0.176 e. The third-order valence-corrected chi connectivity index (χ3v) is 4.26. The largest absolute Gasteiger partial charge is 0.302 e. The minimum atomic E-state index is -0.0973. The molecule has 1 aliphatic carbocycles. The number of tetrazole rings is 1. The first-order chi connectivity index (χ1) is 10.1. The zero-order chi connectivity index (χ0) is 14.9. The number of rotatable bonds is 4. The van der Waals surface area contributed by atoms with Gasteiger partial charge in [0.1, 0.15) is 0 Å². The van der Waals surface area contributed by atoms with Crippen LogP contribution in [0, 0.1) is 6.92 Å². The van der Waals surface area contributed by atoms with Crippen LogP contribution in [0.5, 0.6) is 0 Å². The van der Waals surface area contributed by atoms with Gasteiger partial charge in [-0.3, -0.25) is 0 Å². The zero-order valence-electron chi connectivity index (χ0n) is 13.0. The van der Waals surface area contributed by atoms with Gasteiger partial charge in [-0.15, -0.1) is 5.10 Å². The number of nitrogens with one attached hydrogen (secondary N) is 1. The van der Waals surface area contributed by atoms with Crippen molar-refractivity contribution in [3.8, 4) is 5.69 Å². The number of benzene rings is 1. The molecule has 1 heterocycles. The molecular weight excluding hydrogens is 262 g/mol. The van der Waals surface area contributed by atoms with Crippen molar-refractivity contribution in [3.63, 3.8) is 0 Å². The molecule has 0 bridgehead atoms. The molecule has 1 fully saturated rings. The lowest BCUT2D eigenvalue weighted by Crippen LogP contribution is -2.45. The van der Waals surface area contributed by atoms with E-state index in [9.17, 15) is 0 Å². The summed E-state index contributed by atoms with van der Waals surface area (Å²) in [4.78, 5) is 0. The normalized spacial score (nSPS) is 17.5. The maximum absolute atomic E-state index is 4.38. The molecule has 0 spiro atoms. The van der Waals surface area contributed by atoms with E-state index in [-0.39, 0.29) is 5.54 Å². The Bertz CT molecular complexity index is 611. The van der Waals surface area contributed by atoms with E-state index >= 15 is 0 Å². The van der Waals surface area contributed by atoms with Gasteiger partial charge in [0.2, 0.25) is 0 Å². The first-order valence-electron chi connectivity index (χ1n) is 7.75. The van der Waals surface area contributed by atoms with E-state index in [1.807, 2.05) is 16.8 Å². The van der Waals surface area contributed by atoms with Gasteiger partial charge in [-0.1, -0.05) is 31.0 Å². The van der Waals surface area contributed by atoms with E-state index in [2.05, 4.69) is 53.7 Å². The molecule has 1 aromatic heterocycles. The smallest absolute Gasteiger partial charge is 0.176 e. The van der Waals surface area contributed by atoms with Crippen LogP contribution >= 0.6 is 0 Å². The first-order valence-corrected chi connectivity index (χ1v) is 7.75. The van der Waals surface area contributed by atoms with Crippen LogP contribution in [-0.4, -0.2) is 26.2 Å². The van der Waals surface area contributed by atoms with Crippen molar-refractivity contribution in [2.45, 2.75) is 58.0 Å². The molecule has 112 valence electrons. The topological polar surface area (TPSA) is 55.6 Å². The van der Waals surface area contributed by atoms with Crippen LogP contribution in [0.1, 0.15) is 50.9 Å². The van der Waals surface area contributed by atoms with Gasteiger partial charge >= 0.3 is 0 Å². The predicted octanol–water partition coefficient (Wildman–Crippen LogP) is 2.74. The number of para-hydroxylation sites is 1. The number of nitrogens with zero attached hydrogens (tertiary/aromatic N) is 4. The summed E-state index contributed by atoms with van der Waals surface area (Å²) in [5.41, 5.74) is 2.15. The Hall–Kier alpha value is -1.75. The molecule has 5 heteroatoms. The van der Waals surface area contributed by atoms with E-state index in [4.69, 9.17) is 0 Å². The molecule has 3 rings (SSSR count). The Labute approximate surface area is 125 Å². The van der Waals surface area contributed by atoms with Gasteiger partial charge in [-0.05, 0) is 55.7 Å². The maximum atomic E-state index is 4.38. The van der Waals surface area contributed by atoms with Gasteiger partial charge in [-0.25, -0.2) is 0 Å². The molecule has 0 atom stereocenters. The molecule has 5 nitrogen and oxygen atoms in total. The molecule has 1 saturated carbocycles. The van der Waals surface area contributed by atoms with E-state index < -0.39 is 0 Å². The second kappa shape index (κ2) is 5.56. The highest BCUT2D eigenvalue weighted by Crippen LogP contribution is 2.38. The number of hydrogen-bond donors (Lipinski definition) is 1. The van der Waals surface area contributed by atoms with E-state index in [1.54, 1.807) is 0 Å². The summed E-state index contributed by atoms with van der Waals surface area (Å²) in [7, 11) is 0. The molecular formula is C16H23N5. The number of aromatic nitrogens is 4. The van der Waals surface area contributed by atoms with Crippen LogP contribution in [0.25, 0.3) is 5.69 Å². The highest BCUT2D eigenvalue weighted by molar-refractivity contribution is 5.40. The number of hydrogen-bond acceptors (Lipinski definition) is 4. The SMILES string of the molecule is Cc1ccccc1-n1nnnc1C1(NC(C)C)CCCC1. The third kappa shape index (κ3) is 2.58. The van der Waals surface area contributed by atoms with Crippen LogP contribution in [0.15, 0.2) is 24.3 Å². The minimum absolute atomic E-state index is 0.0973. The summed E-state index contributed by atoms with van der Waals surface area (Å²) < 4.78 is 1.91. The van der Waals surface area contributed by atoms with Crippen LogP contribution < -0.4 is 5.32 Å². The lowest BCUT2D eigenvalue weighted by Gasteiger charge is -2.31. The Morgan fingerprint density at radius 1 is 1.19 bits per heavy atom. The molecule has 2 aromatic rings. The van der Waals surface area contributed by atoms with Crippen molar-refractivity contribution in [2.75, 3.05) is 0 Å². The summed E-state index contributed by atoms with van der Waals surface area (Å²) in [6.07, 6.45) is 4.63. The molecule has 0 amide bonds. The standard InChI is InChI=1S/C16H23N5/c1-12(2)17-16(10-6-7-11-16)15-18-19-20-21(15)14-9-5-4-8-13(14)3/h4-5,8-9,12,17H,6-7,10-11H2,1-3H3. The molecule has 0 radical (unpaired) electrons. The Morgan fingerprint density at radius 2 is 1.90 bits per heavy atom. The van der Waals surface area contributed by atoms with Crippen molar-refractivity contribution < 1.29 is 0 Å². The average Bonchev–Trinajstić information content (AvgIpc) is 3.08. The monoisotopic (exact) mass is 285 g/mol. The van der Waals surface area contributed by atoms with Crippen molar-refractivity contribution >= 4 is 0 Å². The van der Waals surface area contributed by atoms with E-state index in [1.165, 1.54) is 18.4 Å². The van der Waals surface area contributed by atoms with Crippen LogP contribution in [-0.2, 0) is 5.54 Å². The first kappa shape index (κ1) is 14.2. The van der Waals surface area contributed by atoms with E-state index in [0.717, 1.165) is 24.4 Å². The highest BCUT2D eigenvalue weighted by Gasteiger charge is 2.41. The van der Waals surface area contributed by atoms with Gasteiger partial charge in [0.05, 0.1) is 11.2 Å². The Balaban J connectivity index is 2.07. The summed E-state index contributed by atoms with van der Waals surface area (Å²) in [6.45, 7) is 6.46. The van der Waals surface area contributed by atoms with Gasteiger partial charge in [-0.2, -0.15) is 4.68 Å². The number of aryl methyl sites for hydroxylation is 1. The summed E-state index contributed by atoms with van der Waals surface area (Å²) in [5, 5.41) is 16.3. The van der Waals surface area contributed by atoms with Crippen molar-refractivity contribution in [3.05, 3.63) is 35.7 Å². The van der Waals surface area contributed by atoms with Crippen molar-refractivity contribution in [2.24, 2.45) is 0 Å². The average molecular weight is 285 g/mol. The highest BCUT2D eigenvalue weighted by atomic mass is 15.6. The second-order valence-corrected chi connectivity index (χ2v) is 6.29. The molecule has 21 heavy (non-hydrogen) atoms. The van der Waals surface area contributed by atoms with E-state index in [0.29, 0.717) is 6.04 Å². The Morgan fingerprint density at radius 3 is 2.57 bits per heavy atom. The predicted molar refractivity (Wildman–Crippen MR) is 82.3 cm³/mol. The third-order valence-electron chi connectivity index (χ3n) is 4.26. The van der Waals surface area contributed by atoms with Gasteiger partial charge in [0, 0.05) is 6.04 Å². The molecule has 0 unspecified atom stereocenters. The summed E-state index contributed by atoms with van der Waals surface area (Å²) in [5.74, 6) is 0.947. The quantitative estimate of drug-likeness (QED) is 0.938. The van der Waals surface area contributed by atoms with Gasteiger partial charge in [0.15, 0.2) is 5.82 Å². The second-order valence-electron chi connectivity index (χ2n) is 6.29.